The van der Waals surface area contributed by atoms with Crippen LogP contribution in [0.1, 0.15) is 10.7 Å². The Morgan fingerprint density at radius 3 is 2.48 bits per heavy atom. The molecule has 4 nitrogen and oxygen atoms in total. The Kier molecular flexibility index (Phi) is 5.53. The summed E-state index contributed by atoms with van der Waals surface area (Å²) in [6.07, 6.45) is 0.508. The molecule has 0 bridgehead atoms. The maximum absolute atomic E-state index is 13.2. The highest BCUT2D eigenvalue weighted by molar-refractivity contribution is 9.11. The van der Waals surface area contributed by atoms with Gasteiger partial charge in [0, 0.05) is 33.0 Å². The normalized spacial score (nSPS) is 11.8. The molecular weight excluding hydrogens is 447 g/mol. The Bertz CT molecular complexity index is 739. The molecule has 0 unspecified atom stereocenters. The SMILES string of the molecule is Cc1csc(CCNS(=O)(=O)c2c(Br)cc(F)cc2Br)n1. The molecule has 0 fully saturated rings. The molecule has 0 atom stereocenters. The average molecular weight is 458 g/mol. The summed E-state index contributed by atoms with van der Waals surface area (Å²) in [5, 5.41) is 2.78. The summed E-state index contributed by atoms with van der Waals surface area (Å²) in [6.45, 7) is 2.11. The third-order valence-corrected chi connectivity index (χ3v) is 6.89. The number of sulfonamides is 1. The Balaban J connectivity index is 2.12. The van der Waals surface area contributed by atoms with E-state index in [2.05, 4.69) is 41.6 Å². The van der Waals surface area contributed by atoms with Crippen LogP contribution in [0.25, 0.3) is 0 Å². The fourth-order valence-electron chi connectivity index (χ4n) is 1.67. The first-order valence-electron chi connectivity index (χ1n) is 5.85. The van der Waals surface area contributed by atoms with Crippen molar-refractivity contribution in [1.29, 1.82) is 0 Å². The van der Waals surface area contributed by atoms with E-state index in [1.54, 1.807) is 0 Å². The minimum Gasteiger partial charge on any atom is -0.247 e. The lowest BCUT2D eigenvalue weighted by Crippen LogP contribution is -2.26. The average Bonchev–Trinajstić information content (AvgIpc) is 2.72. The Morgan fingerprint density at radius 2 is 1.95 bits per heavy atom. The predicted molar refractivity (Wildman–Crippen MR) is 87.5 cm³/mol. The first kappa shape index (κ1) is 17.0. The third-order valence-electron chi connectivity index (χ3n) is 2.53. The molecule has 1 aromatic carbocycles. The van der Waals surface area contributed by atoms with Crippen molar-refractivity contribution in [3.8, 4) is 0 Å². The molecule has 21 heavy (non-hydrogen) atoms. The predicted octanol–water partition coefficient (Wildman–Crippen LogP) is 3.64. The van der Waals surface area contributed by atoms with Crippen molar-refractivity contribution < 1.29 is 12.8 Å². The van der Waals surface area contributed by atoms with Crippen molar-refractivity contribution >= 4 is 53.2 Å². The molecule has 0 spiro atoms. The van der Waals surface area contributed by atoms with Crippen LogP contribution in [-0.4, -0.2) is 19.9 Å². The molecule has 1 heterocycles. The van der Waals surface area contributed by atoms with Gasteiger partial charge >= 0.3 is 0 Å². The van der Waals surface area contributed by atoms with Crippen LogP contribution < -0.4 is 4.72 Å². The summed E-state index contributed by atoms with van der Waals surface area (Å²) in [5.74, 6) is -0.522. The van der Waals surface area contributed by atoms with E-state index in [1.807, 2.05) is 12.3 Å². The van der Waals surface area contributed by atoms with Crippen molar-refractivity contribution in [3.63, 3.8) is 0 Å². The van der Waals surface area contributed by atoms with Crippen LogP contribution in [0.5, 0.6) is 0 Å². The topological polar surface area (TPSA) is 59.1 Å². The van der Waals surface area contributed by atoms with Crippen molar-refractivity contribution in [3.05, 3.63) is 43.0 Å². The van der Waals surface area contributed by atoms with Gasteiger partial charge in [0.1, 0.15) is 10.7 Å². The van der Waals surface area contributed by atoms with Crippen LogP contribution in [0.4, 0.5) is 4.39 Å². The minimum absolute atomic E-state index is 0.0146. The van der Waals surface area contributed by atoms with Gasteiger partial charge in [-0.05, 0) is 50.9 Å². The van der Waals surface area contributed by atoms with Crippen molar-refractivity contribution in [2.24, 2.45) is 0 Å². The zero-order chi connectivity index (χ0) is 15.6. The largest absolute Gasteiger partial charge is 0.247 e. The summed E-state index contributed by atoms with van der Waals surface area (Å²) in [6, 6.07) is 2.23. The number of hydrogen-bond acceptors (Lipinski definition) is 4. The van der Waals surface area contributed by atoms with E-state index in [0.717, 1.165) is 22.8 Å². The zero-order valence-electron chi connectivity index (χ0n) is 10.9. The molecule has 2 rings (SSSR count). The van der Waals surface area contributed by atoms with Gasteiger partial charge in [-0.25, -0.2) is 22.5 Å². The Morgan fingerprint density at radius 1 is 1.33 bits per heavy atom. The van der Waals surface area contributed by atoms with Gasteiger partial charge < -0.3 is 0 Å². The molecule has 114 valence electrons. The molecule has 0 aliphatic carbocycles. The monoisotopic (exact) mass is 456 g/mol. The van der Waals surface area contributed by atoms with E-state index in [4.69, 9.17) is 0 Å². The van der Waals surface area contributed by atoms with Gasteiger partial charge in [0.05, 0.1) is 5.01 Å². The van der Waals surface area contributed by atoms with Crippen molar-refractivity contribution in [2.45, 2.75) is 18.2 Å². The quantitative estimate of drug-likeness (QED) is 0.745. The summed E-state index contributed by atoms with van der Waals surface area (Å²) in [7, 11) is -3.74. The van der Waals surface area contributed by atoms with Gasteiger partial charge in [0.15, 0.2) is 0 Å². The smallest absolute Gasteiger partial charge is 0.242 e. The second-order valence-corrected chi connectivity index (χ2v) is 8.58. The summed E-state index contributed by atoms with van der Waals surface area (Å²) in [5.41, 5.74) is 0.918. The molecule has 0 aliphatic heterocycles. The van der Waals surface area contributed by atoms with Crippen molar-refractivity contribution in [2.75, 3.05) is 6.54 Å². The third kappa shape index (κ3) is 4.32. The molecule has 1 N–H and O–H groups in total. The molecule has 0 aliphatic rings. The van der Waals surface area contributed by atoms with Crippen molar-refractivity contribution in [1.82, 2.24) is 9.71 Å². The Hall–Kier alpha value is -0.350. The highest BCUT2D eigenvalue weighted by Gasteiger charge is 2.21. The number of aromatic nitrogens is 1. The van der Waals surface area contributed by atoms with Gasteiger partial charge in [-0.3, -0.25) is 0 Å². The zero-order valence-corrected chi connectivity index (χ0v) is 15.7. The van der Waals surface area contributed by atoms with Crippen LogP contribution in [0.2, 0.25) is 0 Å². The molecule has 2 aromatic rings. The molecule has 0 radical (unpaired) electrons. The number of nitrogens with one attached hydrogen (secondary N) is 1. The van der Waals surface area contributed by atoms with Gasteiger partial charge in [0.2, 0.25) is 10.0 Å². The first-order valence-corrected chi connectivity index (χ1v) is 9.79. The lowest BCUT2D eigenvalue weighted by Gasteiger charge is -2.10. The molecule has 0 amide bonds. The highest BCUT2D eigenvalue weighted by Crippen LogP contribution is 2.30. The van der Waals surface area contributed by atoms with Crippen LogP contribution >= 0.6 is 43.2 Å². The molecule has 0 saturated heterocycles. The van der Waals surface area contributed by atoms with E-state index in [9.17, 15) is 12.8 Å². The van der Waals surface area contributed by atoms with Crippen LogP contribution in [-0.2, 0) is 16.4 Å². The van der Waals surface area contributed by atoms with Crippen LogP contribution in [0, 0.1) is 12.7 Å². The molecule has 1 aromatic heterocycles. The molecular formula is C12H11Br2FN2O2S2. The van der Waals surface area contributed by atoms with E-state index in [0.29, 0.717) is 6.42 Å². The molecule has 0 saturated carbocycles. The van der Waals surface area contributed by atoms with Gasteiger partial charge in [0.25, 0.3) is 0 Å². The second kappa shape index (κ2) is 6.82. The number of hydrogen-bond donors (Lipinski definition) is 1. The lowest BCUT2D eigenvalue weighted by molar-refractivity contribution is 0.579. The summed E-state index contributed by atoms with van der Waals surface area (Å²) >= 11 is 7.64. The number of halogens is 3. The second-order valence-electron chi connectivity index (χ2n) is 4.23. The Labute approximate surface area is 143 Å². The van der Waals surface area contributed by atoms with Gasteiger partial charge in [-0.2, -0.15) is 0 Å². The standard InChI is InChI=1S/C12H11Br2FN2O2S2/c1-7-6-20-11(17-7)2-3-16-21(18,19)12-9(13)4-8(15)5-10(12)14/h4-6,16H,2-3H2,1H3. The number of nitrogens with zero attached hydrogens (tertiary/aromatic N) is 1. The van der Waals surface area contributed by atoms with Gasteiger partial charge in [-0.15, -0.1) is 11.3 Å². The fourth-order valence-corrected chi connectivity index (χ4v) is 6.00. The van der Waals surface area contributed by atoms with Crippen LogP contribution in [0.3, 0.4) is 0 Å². The fraction of sp³-hybridized carbons (Fsp3) is 0.250. The number of aryl methyl sites for hydroxylation is 1. The van der Waals surface area contributed by atoms with E-state index < -0.39 is 15.8 Å². The van der Waals surface area contributed by atoms with E-state index >= 15 is 0 Å². The minimum atomic E-state index is -3.74. The maximum atomic E-state index is 13.2. The summed E-state index contributed by atoms with van der Waals surface area (Å²) in [4.78, 5) is 4.25. The molecule has 9 heteroatoms. The number of rotatable bonds is 5. The van der Waals surface area contributed by atoms with Crippen LogP contribution in [0.15, 0.2) is 31.4 Å². The lowest BCUT2D eigenvalue weighted by atomic mass is 10.3. The van der Waals surface area contributed by atoms with E-state index in [1.165, 1.54) is 11.3 Å². The number of thiazole rings is 1. The van der Waals surface area contributed by atoms with E-state index in [-0.39, 0.29) is 20.4 Å². The summed E-state index contributed by atoms with van der Waals surface area (Å²) < 4.78 is 40.6. The first-order chi connectivity index (χ1) is 9.79. The highest BCUT2D eigenvalue weighted by atomic mass is 79.9. The van der Waals surface area contributed by atoms with Gasteiger partial charge in [-0.1, -0.05) is 0 Å². The maximum Gasteiger partial charge on any atom is 0.242 e. The number of benzene rings is 1.